The van der Waals surface area contributed by atoms with Gasteiger partial charge in [0.05, 0.1) is 22.5 Å². The van der Waals surface area contributed by atoms with E-state index in [0.717, 1.165) is 30.5 Å². The zero-order valence-corrected chi connectivity index (χ0v) is 15.8. The fraction of sp³-hybridized carbons (Fsp3) is 0.375. The van der Waals surface area contributed by atoms with Gasteiger partial charge in [-0.1, -0.05) is 0 Å². The Kier molecular flexibility index (Phi) is 5.17. The molecule has 2 aromatic rings. The van der Waals surface area contributed by atoms with E-state index >= 15 is 0 Å². The topological polar surface area (TPSA) is 182 Å². The summed E-state index contributed by atoms with van der Waals surface area (Å²) < 4.78 is 33.0. The second-order valence-corrected chi connectivity index (χ2v) is 8.64. The Morgan fingerprint density at radius 1 is 1.34 bits per heavy atom. The number of nitrogens with zero attached hydrogens (tertiary/aromatic N) is 2. The molecule has 3 atom stereocenters. The summed E-state index contributed by atoms with van der Waals surface area (Å²) in [4.78, 5) is 35.8. The number of hydrogen-bond acceptors (Lipinski definition) is 9. The molecule has 1 aliphatic rings. The average molecular weight is 427 g/mol. The lowest BCUT2D eigenvalue weighted by Gasteiger charge is -2.30. The maximum atomic E-state index is 13.5. The monoisotopic (exact) mass is 427 g/mol. The zero-order chi connectivity index (χ0) is 21.6. The highest BCUT2D eigenvalue weighted by molar-refractivity contribution is 7.92. The van der Waals surface area contributed by atoms with E-state index in [9.17, 15) is 38.3 Å². The number of aryl methyl sites for hydroxylation is 1. The highest BCUT2D eigenvalue weighted by atomic mass is 32.2. The Morgan fingerprint density at radius 3 is 2.48 bits per heavy atom. The van der Waals surface area contributed by atoms with Crippen LogP contribution < -0.4 is 11.2 Å². The first-order valence-electron chi connectivity index (χ1n) is 8.32. The van der Waals surface area contributed by atoms with Crippen LogP contribution in [-0.4, -0.2) is 51.9 Å². The number of non-ortho nitro benzene ring substituents is 1. The number of aliphatic hydroxyl groups is 2. The van der Waals surface area contributed by atoms with Crippen molar-refractivity contribution in [3.8, 4) is 0 Å². The van der Waals surface area contributed by atoms with Crippen LogP contribution in [0.3, 0.4) is 0 Å². The van der Waals surface area contributed by atoms with Gasteiger partial charge in [0, 0.05) is 30.3 Å². The van der Waals surface area contributed by atoms with Crippen LogP contribution in [0.15, 0.2) is 44.9 Å². The van der Waals surface area contributed by atoms with Gasteiger partial charge >= 0.3 is 5.69 Å². The number of benzene rings is 1. The van der Waals surface area contributed by atoms with Gasteiger partial charge in [-0.25, -0.2) is 13.2 Å². The molecule has 2 heterocycles. The fourth-order valence-electron chi connectivity index (χ4n) is 3.13. The molecule has 1 aromatic carbocycles. The van der Waals surface area contributed by atoms with Crippen LogP contribution in [0.5, 0.6) is 0 Å². The Balaban J connectivity index is 2.27. The van der Waals surface area contributed by atoms with Crippen molar-refractivity contribution >= 4 is 15.5 Å². The van der Waals surface area contributed by atoms with Crippen molar-refractivity contribution in [2.45, 2.75) is 35.5 Å². The molecular weight excluding hydrogens is 410 g/mol. The van der Waals surface area contributed by atoms with Crippen molar-refractivity contribution in [1.29, 1.82) is 0 Å². The summed E-state index contributed by atoms with van der Waals surface area (Å²) in [6, 6.07) is 3.88. The first-order valence-corrected chi connectivity index (χ1v) is 9.80. The van der Waals surface area contributed by atoms with Crippen LogP contribution in [0.4, 0.5) is 5.69 Å². The second kappa shape index (κ2) is 7.18. The van der Waals surface area contributed by atoms with Gasteiger partial charge in [-0.05, 0) is 19.1 Å². The van der Waals surface area contributed by atoms with Gasteiger partial charge in [0.15, 0.2) is 0 Å². The molecule has 3 rings (SSSR count). The van der Waals surface area contributed by atoms with Gasteiger partial charge < -0.3 is 14.9 Å². The summed E-state index contributed by atoms with van der Waals surface area (Å²) in [6.45, 7) is 0.617. The molecule has 0 unspecified atom stereocenters. The highest BCUT2D eigenvalue weighted by Gasteiger charge is 2.57. The molecule has 156 valence electrons. The third-order valence-electron chi connectivity index (χ3n) is 4.68. The van der Waals surface area contributed by atoms with Crippen molar-refractivity contribution in [3.05, 3.63) is 67.0 Å². The molecule has 0 saturated carbocycles. The standard InChI is InChI=1S/C16H17N3O9S/c1-9-7-18(15(23)17-14(9)22)16(6-12(21)13(8-20)28-16)29(26,27)11-4-2-10(3-5-11)19(24)25/h2-5,7,12-13,20-21H,6,8H2,1H3,(H,17,22,23)/t12-,13+,16-/m0/s1. The molecule has 29 heavy (non-hydrogen) atoms. The second-order valence-electron chi connectivity index (χ2n) is 6.52. The molecule has 1 fully saturated rings. The van der Waals surface area contributed by atoms with E-state index in [1.807, 2.05) is 4.98 Å². The third kappa shape index (κ3) is 3.27. The minimum Gasteiger partial charge on any atom is -0.394 e. The molecule has 0 radical (unpaired) electrons. The lowest BCUT2D eigenvalue weighted by Crippen LogP contribution is -2.50. The minimum atomic E-state index is -4.60. The summed E-state index contributed by atoms with van der Waals surface area (Å²) in [5.74, 6) is 0. The number of nitro groups is 1. The number of hydrogen-bond donors (Lipinski definition) is 3. The molecule has 1 aliphatic heterocycles. The maximum absolute atomic E-state index is 13.5. The van der Waals surface area contributed by atoms with Crippen LogP contribution in [0.2, 0.25) is 0 Å². The Morgan fingerprint density at radius 2 is 1.97 bits per heavy atom. The molecule has 1 aromatic heterocycles. The summed E-state index contributed by atoms with van der Waals surface area (Å²) >= 11 is 0. The van der Waals surface area contributed by atoms with E-state index in [1.165, 1.54) is 6.92 Å². The summed E-state index contributed by atoms with van der Waals surface area (Å²) in [7, 11) is -4.60. The van der Waals surface area contributed by atoms with Crippen molar-refractivity contribution < 1.29 is 28.3 Å². The van der Waals surface area contributed by atoms with Gasteiger partial charge in [0.1, 0.15) is 6.10 Å². The number of sulfone groups is 1. The van der Waals surface area contributed by atoms with Crippen molar-refractivity contribution in [2.75, 3.05) is 6.61 Å². The zero-order valence-electron chi connectivity index (χ0n) is 15.0. The number of rotatable bonds is 5. The maximum Gasteiger partial charge on any atom is 0.331 e. The molecule has 0 bridgehead atoms. The number of nitro benzene ring substituents is 1. The average Bonchev–Trinajstić information content (AvgIpc) is 3.02. The molecule has 12 nitrogen and oxygen atoms in total. The summed E-state index contributed by atoms with van der Waals surface area (Å²) in [5.41, 5.74) is -2.17. The molecule has 1 saturated heterocycles. The van der Waals surface area contributed by atoms with E-state index < -0.39 is 61.2 Å². The van der Waals surface area contributed by atoms with Crippen molar-refractivity contribution in [3.63, 3.8) is 0 Å². The highest BCUT2D eigenvalue weighted by Crippen LogP contribution is 2.42. The van der Waals surface area contributed by atoms with E-state index in [1.54, 1.807) is 0 Å². The van der Waals surface area contributed by atoms with Crippen LogP contribution in [0.1, 0.15) is 12.0 Å². The van der Waals surface area contributed by atoms with Crippen LogP contribution in [0, 0.1) is 17.0 Å². The van der Waals surface area contributed by atoms with Crippen LogP contribution >= 0.6 is 0 Å². The molecule has 0 amide bonds. The van der Waals surface area contributed by atoms with Crippen molar-refractivity contribution in [1.82, 2.24) is 9.55 Å². The van der Waals surface area contributed by atoms with E-state index in [4.69, 9.17) is 4.74 Å². The normalized spacial score (nSPS) is 24.5. The van der Waals surface area contributed by atoms with Gasteiger partial charge in [-0.2, -0.15) is 0 Å². The minimum absolute atomic E-state index is 0.00779. The van der Waals surface area contributed by atoms with Gasteiger partial charge in [0.2, 0.25) is 9.84 Å². The SMILES string of the molecule is Cc1cn([C@@]2(S(=O)(=O)c3ccc([N+](=O)[O-])cc3)C[C@H](O)[C@@H](CO)O2)c(=O)[nH]c1=O. The Hall–Kier alpha value is -2.87. The van der Waals surface area contributed by atoms with Crippen LogP contribution in [0.25, 0.3) is 0 Å². The number of ether oxygens (including phenoxy) is 1. The Labute approximate surface area is 163 Å². The van der Waals surface area contributed by atoms with Crippen LogP contribution in [-0.2, 0) is 19.6 Å². The summed E-state index contributed by atoms with van der Waals surface area (Å²) in [5, 5.41) is 28.0. The number of aromatic nitrogens is 2. The van der Waals surface area contributed by atoms with E-state index in [2.05, 4.69) is 0 Å². The number of nitrogens with one attached hydrogen (secondary N) is 1. The van der Waals surface area contributed by atoms with Gasteiger partial charge in [0.25, 0.3) is 16.3 Å². The quantitative estimate of drug-likeness (QED) is 0.397. The lowest BCUT2D eigenvalue weighted by atomic mass is 10.2. The third-order valence-corrected chi connectivity index (χ3v) is 6.87. The molecule has 13 heteroatoms. The predicted octanol–water partition coefficient (Wildman–Crippen LogP) is -1.02. The summed E-state index contributed by atoms with van der Waals surface area (Å²) in [6.07, 6.45) is -2.40. The number of aliphatic hydroxyl groups excluding tert-OH is 2. The molecule has 0 spiro atoms. The molecule has 3 N–H and O–H groups in total. The number of H-pyrrole nitrogens is 1. The Bertz CT molecular complexity index is 1170. The van der Waals surface area contributed by atoms with Crippen molar-refractivity contribution in [2.24, 2.45) is 0 Å². The van der Waals surface area contributed by atoms with Gasteiger partial charge in [-0.3, -0.25) is 24.5 Å². The first-order chi connectivity index (χ1) is 13.5. The number of aromatic amines is 1. The fourth-order valence-corrected chi connectivity index (χ4v) is 5.02. The molecule has 0 aliphatic carbocycles. The predicted molar refractivity (Wildman–Crippen MR) is 96.9 cm³/mol. The first kappa shape index (κ1) is 20.9. The van der Waals surface area contributed by atoms with E-state index in [0.29, 0.717) is 4.57 Å². The lowest BCUT2D eigenvalue weighted by molar-refractivity contribution is -0.384. The smallest absolute Gasteiger partial charge is 0.331 e. The van der Waals surface area contributed by atoms with Gasteiger partial charge in [-0.15, -0.1) is 0 Å². The molecular formula is C16H17N3O9S. The largest absolute Gasteiger partial charge is 0.394 e. The van der Waals surface area contributed by atoms with E-state index in [-0.39, 0.29) is 11.3 Å².